The molecule has 3 aliphatic heterocycles. The van der Waals surface area contributed by atoms with Crippen molar-refractivity contribution in [2.24, 2.45) is 11.8 Å². The number of allylic oxidation sites excluding steroid dienone is 4. The third kappa shape index (κ3) is 14.7. The van der Waals surface area contributed by atoms with E-state index in [4.69, 9.17) is 61.1 Å². The smallest absolute Gasteiger partial charge is 0.342 e. The van der Waals surface area contributed by atoms with E-state index in [2.05, 4.69) is 0 Å². The number of rotatable bonds is 12. The van der Waals surface area contributed by atoms with Gasteiger partial charge in [0.1, 0.15) is 46.7 Å². The van der Waals surface area contributed by atoms with Crippen molar-refractivity contribution in [3.63, 3.8) is 0 Å². The number of benzene rings is 1. The molecule has 20 heteroatoms. The van der Waals surface area contributed by atoms with Gasteiger partial charge < -0.3 is 73.6 Å². The molecule has 3 heterocycles. The molecule has 18 nitrogen and oxygen atoms in total. The maximum absolute atomic E-state index is 13.9. The van der Waals surface area contributed by atoms with Crippen molar-refractivity contribution < 1.29 is 88.0 Å². The first-order valence-electron chi connectivity index (χ1n) is 23.6. The molecule has 398 valence electrons. The van der Waals surface area contributed by atoms with Crippen molar-refractivity contribution >= 4 is 41.1 Å². The van der Waals surface area contributed by atoms with Gasteiger partial charge in [0, 0.05) is 19.4 Å². The fraction of sp³-hybridized carbons (Fsp3) is 0.627. The third-order valence-electron chi connectivity index (χ3n) is 12.8. The molecule has 7 N–H and O–H groups in total. The maximum atomic E-state index is 13.9. The largest absolute Gasteiger partial charge is 0.505 e. The number of halogens is 2. The number of ether oxygens (including phenoxy) is 8. The summed E-state index contributed by atoms with van der Waals surface area (Å²) in [5.41, 5.74) is 0.193. The van der Waals surface area contributed by atoms with E-state index in [0.29, 0.717) is 23.1 Å². The number of aromatic hydroxyl groups is 2. The zero-order valence-electron chi connectivity index (χ0n) is 42.3. The Balaban J connectivity index is 1.60. The fourth-order valence-electron chi connectivity index (χ4n) is 8.37. The number of aliphatic hydroxyl groups excluding tert-OH is 5. The summed E-state index contributed by atoms with van der Waals surface area (Å²) in [4.78, 5) is 39.8. The number of cyclic esters (lactones) is 1. The minimum atomic E-state index is -1.61. The van der Waals surface area contributed by atoms with Gasteiger partial charge in [0.25, 0.3) is 0 Å². The normalized spacial score (nSPS) is 35.2. The van der Waals surface area contributed by atoms with Crippen LogP contribution < -0.4 is 0 Å². The van der Waals surface area contributed by atoms with E-state index >= 15 is 0 Å². The van der Waals surface area contributed by atoms with Crippen LogP contribution in [-0.2, 0) is 47.5 Å². The van der Waals surface area contributed by atoms with Crippen LogP contribution in [-0.4, -0.2) is 153 Å². The lowest BCUT2D eigenvalue weighted by atomic mass is 9.88. The standard InChI is InChI=1S/C51H72Cl2O18/c1-13-30-21-25(5)32(55)17-15-14-16-31(22-65-50-44(64-12)41(60)43(29(9)66-50)68-48(63)34-27(7)35(52)38(57)36(53)37(34)56)47(62)67-33(28(8)54)19-18-24(4)20-26(6)42(30)69-49-40(59)39(58)45(51(10,11)71-49)70-46(61)23(2)3/h14-16,18,20-21,23,28-30,32-33,39-45,49-50,54-60H,13,17,19,22H2,1-12H3/b15-14+,24-18+,25-21+,26-20+,31-16+/t28?,29-,30?,32?,33?,39-,40+,41+,42?,43-,44+,45+,49-,50-/m1/s1. The molecule has 0 radical (unpaired) electrons. The van der Waals surface area contributed by atoms with E-state index in [9.17, 15) is 50.1 Å². The van der Waals surface area contributed by atoms with Gasteiger partial charge in [-0.1, -0.05) is 79.9 Å². The van der Waals surface area contributed by atoms with Gasteiger partial charge in [0.15, 0.2) is 36.3 Å². The average molecular weight is 1040 g/mol. The highest BCUT2D eigenvalue weighted by molar-refractivity contribution is 6.39. The van der Waals surface area contributed by atoms with E-state index in [1.54, 1.807) is 46.8 Å². The van der Waals surface area contributed by atoms with Gasteiger partial charge in [-0.3, -0.25) is 4.79 Å². The van der Waals surface area contributed by atoms with E-state index < -0.39 is 144 Å². The number of phenols is 2. The van der Waals surface area contributed by atoms with E-state index in [0.717, 1.165) is 0 Å². The molecule has 1 aromatic rings. The van der Waals surface area contributed by atoms with Gasteiger partial charge in [-0.25, -0.2) is 9.59 Å². The van der Waals surface area contributed by atoms with Crippen molar-refractivity contribution in [3.8, 4) is 11.5 Å². The number of carbonyl (C=O) groups is 3. The van der Waals surface area contributed by atoms with Gasteiger partial charge in [-0.15, -0.1) is 0 Å². The van der Waals surface area contributed by atoms with E-state index in [-0.39, 0.29) is 29.0 Å². The van der Waals surface area contributed by atoms with Gasteiger partial charge >= 0.3 is 17.9 Å². The summed E-state index contributed by atoms with van der Waals surface area (Å²) in [7, 11) is 1.26. The van der Waals surface area contributed by atoms with Crippen LogP contribution in [0, 0.1) is 18.8 Å². The first kappa shape index (κ1) is 59.7. The van der Waals surface area contributed by atoms with Crippen LogP contribution in [0.4, 0.5) is 0 Å². The van der Waals surface area contributed by atoms with Gasteiger partial charge in [-0.2, -0.15) is 0 Å². The molecule has 0 bridgehead atoms. The maximum Gasteiger partial charge on any atom is 0.342 e. The number of carbonyl (C=O) groups excluding carboxylic acids is 3. The van der Waals surface area contributed by atoms with Gasteiger partial charge in [0.2, 0.25) is 0 Å². The molecule has 2 fully saturated rings. The van der Waals surface area contributed by atoms with Crippen molar-refractivity contribution in [2.45, 2.75) is 181 Å². The minimum absolute atomic E-state index is 0.0285. The second kappa shape index (κ2) is 25.9. The average Bonchev–Trinajstić information content (AvgIpc) is 3.30. The number of hydrogen-bond donors (Lipinski definition) is 7. The molecule has 0 amide bonds. The number of esters is 3. The Hall–Kier alpha value is -3.89. The zero-order chi connectivity index (χ0) is 53.4. The topological polar surface area (TPSA) is 267 Å². The summed E-state index contributed by atoms with van der Waals surface area (Å²) in [6, 6.07) is 0. The second-order valence-corrected chi connectivity index (χ2v) is 19.9. The molecule has 4 rings (SSSR count). The molecule has 0 saturated carbocycles. The van der Waals surface area contributed by atoms with Crippen molar-refractivity contribution in [3.05, 3.63) is 79.9 Å². The first-order valence-corrected chi connectivity index (χ1v) is 24.4. The van der Waals surface area contributed by atoms with Crippen molar-refractivity contribution in [1.29, 1.82) is 0 Å². The molecule has 2 saturated heterocycles. The predicted octanol–water partition coefficient (Wildman–Crippen LogP) is 5.98. The van der Waals surface area contributed by atoms with Gasteiger partial charge in [0.05, 0.1) is 47.5 Å². The molecule has 0 aromatic heterocycles. The van der Waals surface area contributed by atoms with Crippen LogP contribution in [0.5, 0.6) is 11.5 Å². The molecule has 71 heavy (non-hydrogen) atoms. The summed E-state index contributed by atoms with van der Waals surface area (Å²) in [5, 5.41) is 76.0. The summed E-state index contributed by atoms with van der Waals surface area (Å²) < 4.78 is 47.4. The highest BCUT2D eigenvalue weighted by atomic mass is 35.5. The Kier molecular flexibility index (Phi) is 21.7. The summed E-state index contributed by atoms with van der Waals surface area (Å²) in [5.74, 6) is -4.84. The predicted molar refractivity (Wildman–Crippen MR) is 260 cm³/mol. The van der Waals surface area contributed by atoms with Crippen LogP contribution >= 0.6 is 23.2 Å². The van der Waals surface area contributed by atoms with E-state index in [1.807, 2.05) is 32.9 Å². The monoisotopic (exact) mass is 1040 g/mol. The Labute approximate surface area is 425 Å². The Morgan fingerprint density at radius 2 is 1.56 bits per heavy atom. The zero-order valence-corrected chi connectivity index (χ0v) is 43.8. The Bertz CT molecular complexity index is 2170. The first-order chi connectivity index (χ1) is 33.2. The molecule has 1 aromatic carbocycles. The lowest BCUT2D eigenvalue weighted by Gasteiger charge is -2.47. The summed E-state index contributed by atoms with van der Waals surface area (Å²) in [6.07, 6.45) is -5.56. The van der Waals surface area contributed by atoms with Crippen LogP contribution in [0.1, 0.15) is 104 Å². The molecule has 0 aliphatic carbocycles. The second-order valence-electron chi connectivity index (χ2n) is 19.2. The SMILES string of the molecule is CCC1/C=C(\C)C(O)C/C=C/C=C(\CO[C@@H]2O[C@H](C)[C@@H](OC(=O)c3c(C)c(Cl)c(O)c(Cl)c3O)[C@H](O)[C@@H]2OC)C(=O)OC(C(C)O)C/C=C(C)/C=C(\C)C1O[C@@H]1OC(C)(C)[C@@H](OC(=O)C(C)C)[C@H](O)[C@@H]1O. The Morgan fingerprint density at radius 3 is 2.17 bits per heavy atom. The molecule has 0 spiro atoms. The molecule has 5 unspecified atom stereocenters. The number of hydrogen-bond acceptors (Lipinski definition) is 18. The lowest BCUT2D eigenvalue weighted by molar-refractivity contribution is -0.333. The number of aliphatic hydroxyl groups is 5. The van der Waals surface area contributed by atoms with Gasteiger partial charge in [-0.05, 0) is 91.0 Å². The third-order valence-corrected chi connectivity index (χ3v) is 13.6. The number of methoxy groups -OCH3 is 1. The van der Waals surface area contributed by atoms with Crippen molar-refractivity contribution in [2.75, 3.05) is 13.7 Å². The molecule has 3 aliphatic rings. The Morgan fingerprint density at radius 1 is 0.901 bits per heavy atom. The van der Waals surface area contributed by atoms with Crippen LogP contribution in [0.3, 0.4) is 0 Å². The molecule has 14 atom stereocenters. The number of phenolic OH excluding ortho intramolecular Hbond substituents is 2. The molecular weight excluding hydrogens is 971 g/mol. The fourth-order valence-corrected chi connectivity index (χ4v) is 8.79. The summed E-state index contributed by atoms with van der Waals surface area (Å²) >= 11 is 12.1. The lowest BCUT2D eigenvalue weighted by Crippen LogP contribution is -2.64. The van der Waals surface area contributed by atoms with E-state index in [1.165, 1.54) is 40.0 Å². The quantitative estimate of drug-likeness (QED) is 0.0721. The summed E-state index contributed by atoms with van der Waals surface area (Å²) in [6.45, 7) is 17.8. The van der Waals surface area contributed by atoms with Crippen LogP contribution in [0.25, 0.3) is 0 Å². The van der Waals surface area contributed by atoms with Crippen LogP contribution in [0.2, 0.25) is 10.0 Å². The van der Waals surface area contributed by atoms with Crippen LogP contribution in [0.15, 0.2) is 58.7 Å². The van der Waals surface area contributed by atoms with Crippen molar-refractivity contribution in [1.82, 2.24) is 0 Å². The molecular formula is C51H72Cl2O18. The highest BCUT2D eigenvalue weighted by Crippen LogP contribution is 2.44. The highest BCUT2D eigenvalue weighted by Gasteiger charge is 2.53. The minimum Gasteiger partial charge on any atom is -0.505 e.